The highest BCUT2D eigenvalue weighted by Crippen LogP contribution is 2.30. The Morgan fingerprint density at radius 3 is 2.45 bits per heavy atom. The molecule has 1 fully saturated rings. The molecule has 0 unspecified atom stereocenters. The molecule has 7 heteroatoms. The summed E-state index contributed by atoms with van der Waals surface area (Å²) in [6, 6.07) is 3.80. The minimum atomic E-state index is -3.65. The molecule has 1 saturated carbocycles. The number of nitrogens with two attached hydrogens (primary N) is 1. The van der Waals surface area contributed by atoms with Crippen LogP contribution in [0.2, 0.25) is 0 Å². The van der Waals surface area contributed by atoms with Crippen molar-refractivity contribution >= 4 is 22.4 Å². The molecule has 0 radical (unpaired) electrons. The van der Waals surface area contributed by atoms with E-state index in [1.807, 2.05) is 0 Å². The molecule has 114 valence electrons. The van der Waals surface area contributed by atoms with Crippen molar-refractivity contribution in [1.82, 2.24) is 4.72 Å². The summed E-state index contributed by atoms with van der Waals surface area (Å²) in [6.45, 7) is 1.83. The number of benzene rings is 1. The van der Waals surface area contributed by atoms with Gasteiger partial charge in [-0.1, -0.05) is 12.8 Å². The predicted molar refractivity (Wildman–Crippen MR) is 79.0 cm³/mol. The first-order valence-corrected chi connectivity index (χ1v) is 7.87. The van der Waals surface area contributed by atoms with Gasteiger partial charge in [-0.05, 0) is 43.5 Å². The summed E-state index contributed by atoms with van der Waals surface area (Å²) in [6.07, 6.45) is 3.45. The highest BCUT2D eigenvalue weighted by molar-refractivity contribution is 7.89. The Labute approximate surface area is 125 Å². The third kappa shape index (κ3) is 3.49. The number of halogens is 2. The highest BCUT2D eigenvalue weighted by atomic mass is 35.5. The fourth-order valence-corrected chi connectivity index (χ4v) is 4.08. The molecule has 1 aliphatic carbocycles. The number of hydrogen-bond acceptors (Lipinski definition) is 3. The molecule has 3 N–H and O–H groups in total. The van der Waals surface area contributed by atoms with Gasteiger partial charge in [0.25, 0.3) is 0 Å². The molecule has 4 nitrogen and oxygen atoms in total. The zero-order valence-corrected chi connectivity index (χ0v) is 13.0. The summed E-state index contributed by atoms with van der Waals surface area (Å²) in [7, 11) is -3.65. The number of hydrogen-bond donors (Lipinski definition) is 2. The average Bonchev–Trinajstić information content (AvgIpc) is 2.81. The van der Waals surface area contributed by atoms with Gasteiger partial charge in [0.05, 0.1) is 4.90 Å². The van der Waals surface area contributed by atoms with Crippen LogP contribution in [0.3, 0.4) is 0 Å². The van der Waals surface area contributed by atoms with Crippen molar-refractivity contribution in [3.63, 3.8) is 0 Å². The Hall–Kier alpha value is -0.690. The van der Waals surface area contributed by atoms with Crippen LogP contribution in [0.4, 0.5) is 4.39 Å². The van der Waals surface area contributed by atoms with Crippen LogP contribution >= 0.6 is 12.4 Å². The monoisotopic (exact) mass is 322 g/mol. The van der Waals surface area contributed by atoms with Gasteiger partial charge in [0.1, 0.15) is 5.82 Å². The van der Waals surface area contributed by atoms with Crippen LogP contribution in [0.15, 0.2) is 23.1 Å². The van der Waals surface area contributed by atoms with Crippen molar-refractivity contribution in [3.8, 4) is 0 Å². The lowest BCUT2D eigenvalue weighted by Crippen LogP contribution is -2.51. The second-order valence-electron chi connectivity index (χ2n) is 5.21. The van der Waals surface area contributed by atoms with Crippen LogP contribution in [0, 0.1) is 12.7 Å². The second kappa shape index (κ2) is 6.39. The van der Waals surface area contributed by atoms with E-state index in [0.29, 0.717) is 5.56 Å². The van der Waals surface area contributed by atoms with Crippen molar-refractivity contribution in [1.29, 1.82) is 0 Å². The summed E-state index contributed by atoms with van der Waals surface area (Å²) in [4.78, 5) is 0.0890. The SMILES string of the molecule is Cc1cc(S(=O)(=O)NC2(CN)CCCC2)ccc1F.Cl. The smallest absolute Gasteiger partial charge is 0.241 e. The fraction of sp³-hybridized carbons (Fsp3) is 0.538. The van der Waals surface area contributed by atoms with E-state index in [1.54, 1.807) is 6.92 Å². The molecule has 0 atom stereocenters. The Morgan fingerprint density at radius 1 is 1.35 bits per heavy atom. The average molecular weight is 323 g/mol. The lowest BCUT2D eigenvalue weighted by Gasteiger charge is -2.28. The Kier molecular flexibility index (Phi) is 5.54. The zero-order chi connectivity index (χ0) is 14.1. The molecule has 0 amide bonds. The van der Waals surface area contributed by atoms with Crippen LogP contribution in [0.25, 0.3) is 0 Å². The van der Waals surface area contributed by atoms with E-state index in [0.717, 1.165) is 25.7 Å². The highest BCUT2D eigenvalue weighted by Gasteiger charge is 2.36. The number of aryl methyl sites for hydroxylation is 1. The molecule has 0 aliphatic heterocycles. The van der Waals surface area contributed by atoms with Gasteiger partial charge < -0.3 is 5.73 Å². The van der Waals surface area contributed by atoms with Crippen molar-refractivity contribution < 1.29 is 12.8 Å². The van der Waals surface area contributed by atoms with Crippen molar-refractivity contribution in [3.05, 3.63) is 29.6 Å². The maximum absolute atomic E-state index is 13.2. The van der Waals surface area contributed by atoms with Crippen LogP contribution in [-0.2, 0) is 10.0 Å². The van der Waals surface area contributed by atoms with Gasteiger partial charge in [-0.15, -0.1) is 12.4 Å². The first kappa shape index (κ1) is 17.4. The minimum absolute atomic E-state index is 0. The molecular weight excluding hydrogens is 303 g/mol. The van der Waals surface area contributed by atoms with E-state index in [1.165, 1.54) is 18.2 Å². The molecule has 1 aromatic rings. The van der Waals surface area contributed by atoms with Gasteiger partial charge in [0, 0.05) is 12.1 Å². The summed E-state index contributed by atoms with van der Waals surface area (Å²) in [5.74, 6) is -0.409. The summed E-state index contributed by atoms with van der Waals surface area (Å²) >= 11 is 0. The number of rotatable bonds is 4. The van der Waals surface area contributed by atoms with Crippen molar-refractivity contribution in [2.24, 2.45) is 5.73 Å². The largest absolute Gasteiger partial charge is 0.329 e. The normalized spacial score (nSPS) is 17.8. The Balaban J connectivity index is 0.00000200. The van der Waals surface area contributed by atoms with Gasteiger partial charge >= 0.3 is 0 Å². The van der Waals surface area contributed by atoms with Crippen LogP contribution in [-0.4, -0.2) is 20.5 Å². The predicted octanol–water partition coefficient (Wildman–Crippen LogP) is 2.11. The van der Waals surface area contributed by atoms with Gasteiger partial charge in [0.2, 0.25) is 10.0 Å². The lowest BCUT2D eigenvalue weighted by atomic mass is 10.0. The van der Waals surface area contributed by atoms with Gasteiger partial charge in [-0.2, -0.15) is 0 Å². The maximum atomic E-state index is 13.2. The molecule has 0 spiro atoms. The summed E-state index contributed by atoms with van der Waals surface area (Å²) < 4.78 is 40.6. The Bertz CT molecular complexity index is 572. The van der Waals surface area contributed by atoms with E-state index >= 15 is 0 Å². The molecule has 2 rings (SSSR count). The van der Waals surface area contributed by atoms with E-state index < -0.39 is 21.4 Å². The van der Waals surface area contributed by atoms with Crippen LogP contribution in [0.5, 0.6) is 0 Å². The van der Waals surface area contributed by atoms with Crippen molar-refractivity contribution in [2.75, 3.05) is 6.54 Å². The third-order valence-corrected chi connectivity index (χ3v) is 5.32. The fourth-order valence-electron chi connectivity index (χ4n) is 2.53. The second-order valence-corrected chi connectivity index (χ2v) is 6.89. The quantitative estimate of drug-likeness (QED) is 0.891. The molecule has 0 saturated heterocycles. The standard InChI is InChI=1S/C13H19FN2O2S.ClH/c1-10-8-11(4-5-12(10)14)19(17,18)16-13(9-15)6-2-3-7-13;/h4-5,8,16H,2-3,6-7,9,15H2,1H3;1H. The topological polar surface area (TPSA) is 72.2 Å². The molecule has 0 heterocycles. The van der Waals surface area contributed by atoms with Crippen LogP contribution < -0.4 is 10.5 Å². The first-order chi connectivity index (χ1) is 8.88. The molecule has 1 aromatic carbocycles. The maximum Gasteiger partial charge on any atom is 0.241 e. The van der Waals surface area contributed by atoms with E-state index in [9.17, 15) is 12.8 Å². The molecule has 1 aliphatic rings. The van der Waals surface area contributed by atoms with E-state index in [4.69, 9.17) is 5.73 Å². The molecule has 0 bridgehead atoms. The van der Waals surface area contributed by atoms with E-state index in [-0.39, 0.29) is 23.8 Å². The third-order valence-electron chi connectivity index (χ3n) is 3.74. The lowest BCUT2D eigenvalue weighted by molar-refractivity contribution is 0.399. The molecule has 20 heavy (non-hydrogen) atoms. The number of sulfonamides is 1. The first-order valence-electron chi connectivity index (χ1n) is 6.39. The zero-order valence-electron chi connectivity index (χ0n) is 11.4. The summed E-state index contributed by atoms with van der Waals surface area (Å²) in [5.41, 5.74) is 5.50. The van der Waals surface area contributed by atoms with Gasteiger partial charge in [-0.25, -0.2) is 17.5 Å². The molecular formula is C13H20ClFN2O2S. The molecule has 0 aromatic heterocycles. The Morgan fingerprint density at radius 2 is 1.95 bits per heavy atom. The van der Waals surface area contributed by atoms with Crippen molar-refractivity contribution in [2.45, 2.75) is 43.0 Å². The minimum Gasteiger partial charge on any atom is -0.329 e. The van der Waals surface area contributed by atoms with Crippen LogP contribution in [0.1, 0.15) is 31.2 Å². The van der Waals surface area contributed by atoms with Gasteiger partial charge in [0.15, 0.2) is 0 Å². The number of nitrogens with one attached hydrogen (secondary N) is 1. The van der Waals surface area contributed by atoms with E-state index in [2.05, 4.69) is 4.72 Å². The summed E-state index contributed by atoms with van der Waals surface area (Å²) in [5, 5.41) is 0. The van der Waals surface area contributed by atoms with Gasteiger partial charge in [-0.3, -0.25) is 0 Å².